The fourth-order valence-corrected chi connectivity index (χ4v) is 2.92. The average molecular weight is 279 g/mol. The molecule has 4 nitrogen and oxygen atoms in total. The van der Waals surface area contributed by atoms with E-state index < -0.39 is 9.84 Å². The highest BCUT2D eigenvalue weighted by Gasteiger charge is 2.15. The molecule has 0 radical (unpaired) electrons. The van der Waals surface area contributed by atoms with Crippen molar-refractivity contribution in [2.24, 2.45) is 11.8 Å². The van der Waals surface area contributed by atoms with Gasteiger partial charge in [0.25, 0.3) is 0 Å². The van der Waals surface area contributed by atoms with Gasteiger partial charge in [-0.15, -0.1) is 0 Å². The molecule has 0 rings (SSSR count). The van der Waals surface area contributed by atoms with Gasteiger partial charge in [-0.25, -0.2) is 8.42 Å². The lowest BCUT2D eigenvalue weighted by molar-refractivity contribution is 0.197. The monoisotopic (exact) mass is 279 g/mol. The molecule has 5 heteroatoms. The van der Waals surface area contributed by atoms with Crippen LogP contribution in [0, 0.1) is 11.8 Å². The fourth-order valence-electron chi connectivity index (χ4n) is 1.94. The molecule has 1 unspecified atom stereocenters. The lowest BCUT2D eigenvalue weighted by Gasteiger charge is -2.19. The number of ether oxygens (including phenoxy) is 1. The molecule has 1 N–H and O–H groups in total. The molecule has 0 aliphatic carbocycles. The maximum absolute atomic E-state index is 11.5. The average Bonchev–Trinajstić information content (AvgIpc) is 2.31. The lowest BCUT2D eigenvalue weighted by atomic mass is 9.95. The standard InChI is InChI=1S/C13H29NO3S/c1-5-18(15,16)9-6-13(10-12(2)3)11-14-7-8-17-4/h12-14H,5-11H2,1-4H3. The van der Waals surface area contributed by atoms with E-state index in [0.29, 0.717) is 24.2 Å². The van der Waals surface area contributed by atoms with Crippen molar-refractivity contribution in [1.82, 2.24) is 5.32 Å². The van der Waals surface area contributed by atoms with Crippen LogP contribution in [0.2, 0.25) is 0 Å². The molecule has 0 aliphatic rings. The van der Waals surface area contributed by atoms with Crippen LogP contribution in [0.25, 0.3) is 0 Å². The maximum atomic E-state index is 11.5. The summed E-state index contributed by atoms with van der Waals surface area (Å²) in [4.78, 5) is 0. The number of nitrogens with one attached hydrogen (secondary N) is 1. The maximum Gasteiger partial charge on any atom is 0.150 e. The van der Waals surface area contributed by atoms with Crippen LogP contribution in [0.5, 0.6) is 0 Å². The van der Waals surface area contributed by atoms with Crippen molar-refractivity contribution < 1.29 is 13.2 Å². The summed E-state index contributed by atoms with van der Waals surface area (Å²) in [7, 11) is -1.16. The Morgan fingerprint density at radius 1 is 1.28 bits per heavy atom. The smallest absolute Gasteiger partial charge is 0.150 e. The van der Waals surface area contributed by atoms with Crippen molar-refractivity contribution in [3.63, 3.8) is 0 Å². The number of rotatable bonds is 11. The zero-order valence-corrected chi connectivity index (χ0v) is 13.1. The second kappa shape index (κ2) is 9.75. The largest absolute Gasteiger partial charge is 0.383 e. The first-order valence-electron chi connectivity index (χ1n) is 6.81. The van der Waals surface area contributed by atoms with Gasteiger partial charge < -0.3 is 10.1 Å². The quantitative estimate of drug-likeness (QED) is 0.585. The Bertz CT molecular complexity index is 289. The van der Waals surface area contributed by atoms with Crippen molar-refractivity contribution in [2.45, 2.75) is 33.6 Å². The van der Waals surface area contributed by atoms with Gasteiger partial charge in [0.2, 0.25) is 0 Å². The van der Waals surface area contributed by atoms with E-state index in [1.54, 1.807) is 14.0 Å². The van der Waals surface area contributed by atoms with Gasteiger partial charge in [-0.05, 0) is 31.2 Å². The summed E-state index contributed by atoms with van der Waals surface area (Å²) in [6.07, 6.45) is 1.83. The molecule has 0 saturated heterocycles. The minimum atomic E-state index is -2.84. The Morgan fingerprint density at radius 3 is 2.44 bits per heavy atom. The molecule has 110 valence electrons. The van der Waals surface area contributed by atoms with Gasteiger partial charge in [-0.1, -0.05) is 20.8 Å². The van der Waals surface area contributed by atoms with Crippen LogP contribution in [0.3, 0.4) is 0 Å². The SMILES string of the molecule is CCS(=O)(=O)CCC(CNCCOC)CC(C)C. The van der Waals surface area contributed by atoms with E-state index in [2.05, 4.69) is 19.2 Å². The second-order valence-corrected chi connectivity index (χ2v) is 7.69. The lowest BCUT2D eigenvalue weighted by Crippen LogP contribution is -2.28. The molecule has 0 aromatic heterocycles. The van der Waals surface area contributed by atoms with Crippen LogP contribution in [-0.2, 0) is 14.6 Å². The molecule has 18 heavy (non-hydrogen) atoms. The van der Waals surface area contributed by atoms with E-state index in [4.69, 9.17) is 4.74 Å². The number of hydrogen-bond donors (Lipinski definition) is 1. The third kappa shape index (κ3) is 9.85. The minimum absolute atomic E-state index is 0.249. The predicted octanol–water partition coefficient (Wildman–Crippen LogP) is 1.71. The zero-order valence-electron chi connectivity index (χ0n) is 12.2. The van der Waals surface area contributed by atoms with E-state index in [1.807, 2.05) is 0 Å². The fraction of sp³-hybridized carbons (Fsp3) is 1.00. The molecule has 0 spiro atoms. The van der Waals surface area contributed by atoms with E-state index >= 15 is 0 Å². The molecule has 0 fully saturated rings. The Balaban J connectivity index is 4.06. The Kier molecular flexibility index (Phi) is 9.68. The van der Waals surface area contributed by atoms with E-state index in [9.17, 15) is 8.42 Å². The number of methoxy groups -OCH3 is 1. The van der Waals surface area contributed by atoms with Gasteiger partial charge in [0.1, 0.15) is 9.84 Å². The normalized spacial score (nSPS) is 14.1. The van der Waals surface area contributed by atoms with Gasteiger partial charge in [0.15, 0.2) is 0 Å². The third-order valence-electron chi connectivity index (χ3n) is 3.00. The third-order valence-corrected chi connectivity index (χ3v) is 4.74. The molecule has 1 atom stereocenters. The summed E-state index contributed by atoms with van der Waals surface area (Å²) in [6, 6.07) is 0. The molecule has 0 aromatic rings. The molecule has 0 saturated carbocycles. The van der Waals surface area contributed by atoms with Crippen molar-refractivity contribution in [1.29, 1.82) is 0 Å². The van der Waals surface area contributed by atoms with E-state index in [1.165, 1.54) is 0 Å². The molecular weight excluding hydrogens is 250 g/mol. The van der Waals surface area contributed by atoms with Crippen molar-refractivity contribution in [3.8, 4) is 0 Å². The molecule has 0 heterocycles. The number of sulfone groups is 1. The van der Waals surface area contributed by atoms with Crippen LogP contribution in [-0.4, -0.2) is 46.7 Å². The molecule has 0 amide bonds. The van der Waals surface area contributed by atoms with Crippen LogP contribution >= 0.6 is 0 Å². The van der Waals surface area contributed by atoms with E-state index in [0.717, 1.165) is 25.9 Å². The molecule has 0 aliphatic heterocycles. The van der Waals surface area contributed by atoms with Gasteiger partial charge in [0, 0.05) is 19.4 Å². The van der Waals surface area contributed by atoms with Gasteiger partial charge in [-0.2, -0.15) is 0 Å². The highest BCUT2D eigenvalue weighted by Crippen LogP contribution is 2.16. The highest BCUT2D eigenvalue weighted by molar-refractivity contribution is 7.91. The van der Waals surface area contributed by atoms with Crippen LogP contribution in [0.4, 0.5) is 0 Å². The van der Waals surface area contributed by atoms with Crippen molar-refractivity contribution in [3.05, 3.63) is 0 Å². The molecule has 0 bridgehead atoms. The Labute approximate surface area is 112 Å². The van der Waals surface area contributed by atoms with Crippen molar-refractivity contribution >= 4 is 9.84 Å². The first kappa shape index (κ1) is 17.9. The minimum Gasteiger partial charge on any atom is -0.383 e. The predicted molar refractivity (Wildman–Crippen MR) is 76.6 cm³/mol. The Morgan fingerprint density at radius 2 is 1.94 bits per heavy atom. The highest BCUT2D eigenvalue weighted by atomic mass is 32.2. The van der Waals surface area contributed by atoms with Gasteiger partial charge >= 0.3 is 0 Å². The summed E-state index contributed by atoms with van der Waals surface area (Å²) in [5.41, 5.74) is 0. The summed E-state index contributed by atoms with van der Waals surface area (Å²) >= 11 is 0. The zero-order chi connectivity index (χ0) is 14.0. The van der Waals surface area contributed by atoms with Crippen molar-refractivity contribution in [2.75, 3.05) is 38.3 Å². The molecular formula is C13H29NO3S. The number of hydrogen-bond acceptors (Lipinski definition) is 4. The van der Waals surface area contributed by atoms with E-state index in [-0.39, 0.29) is 5.75 Å². The second-order valence-electron chi connectivity index (χ2n) is 5.22. The van der Waals surface area contributed by atoms with Crippen LogP contribution in [0.15, 0.2) is 0 Å². The van der Waals surface area contributed by atoms with Gasteiger partial charge in [-0.3, -0.25) is 0 Å². The first-order valence-corrected chi connectivity index (χ1v) is 8.63. The summed E-state index contributed by atoms with van der Waals surface area (Å²) in [5, 5.41) is 3.33. The molecule has 0 aromatic carbocycles. The first-order chi connectivity index (χ1) is 8.41. The van der Waals surface area contributed by atoms with Crippen LogP contribution in [0.1, 0.15) is 33.6 Å². The summed E-state index contributed by atoms with van der Waals surface area (Å²) < 4.78 is 28.0. The summed E-state index contributed by atoms with van der Waals surface area (Å²) in [6.45, 7) is 8.46. The summed E-state index contributed by atoms with van der Waals surface area (Å²) in [5.74, 6) is 1.59. The van der Waals surface area contributed by atoms with Crippen LogP contribution < -0.4 is 5.32 Å². The topological polar surface area (TPSA) is 55.4 Å². The Hall–Kier alpha value is -0.130. The van der Waals surface area contributed by atoms with Gasteiger partial charge in [0.05, 0.1) is 12.4 Å².